The molecule has 0 saturated heterocycles. The SMILES string of the molecule is CN(C(=O)CNS(=O)(=O)CCc1ccccc1)c1ccccc1. The smallest absolute Gasteiger partial charge is 0.241 e. The van der Waals surface area contributed by atoms with Gasteiger partial charge in [-0.2, -0.15) is 0 Å². The molecule has 23 heavy (non-hydrogen) atoms. The zero-order valence-electron chi connectivity index (χ0n) is 13.0. The van der Waals surface area contributed by atoms with Crippen molar-refractivity contribution in [2.45, 2.75) is 6.42 Å². The van der Waals surface area contributed by atoms with Gasteiger partial charge in [0.1, 0.15) is 0 Å². The summed E-state index contributed by atoms with van der Waals surface area (Å²) in [6.07, 6.45) is 0.416. The third kappa shape index (κ3) is 5.50. The Morgan fingerprint density at radius 1 is 1.00 bits per heavy atom. The number of anilines is 1. The normalized spacial score (nSPS) is 11.2. The molecule has 2 aromatic carbocycles. The molecule has 122 valence electrons. The average Bonchev–Trinajstić information content (AvgIpc) is 2.59. The van der Waals surface area contributed by atoms with E-state index in [0.29, 0.717) is 6.42 Å². The van der Waals surface area contributed by atoms with Crippen LogP contribution >= 0.6 is 0 Å². The monoisotopic (exact) mass is 332 g/mol. The molecule has 0 spiro atoms. The summed E-state index contributed by atoms with van der Waals surface area (Å²) in [5, 5.41) is 0. The number of amides is 1. The molecule has 0 radical (unpaired) electrons. The molecule has 0 bridgehead atoms. The first-order valence-corrected chi connectivity index (χ1v) is 8.96. The number of benzene rings is 2. The molecule has 6 heteroatoms. The van der Waals surface area contributed by atoms with Crippen molar-refractivity contribution in [3.8, 4) is 0 Å². The van der Waals surface area contributed by atoms with Gasteiger partial charge in [-0.3, -0.25) is 4.79 Å². The van der Waals surface area contributed by atoms with Gasteiger partial charge in [-0.1, -0.05) is 48.5 Å². The van der Waals surface area contributed by atoms with E-state index in [4.69, 9.17) is 0 Å². The van der Waals surface area contributed by atoms with E-state index in [9.17, 15) is 13.2 Å². The lowest BCUT2D eigenvalue weighted by atomic mass is 10.2. The predicted octanol–water partition coefficient (Wildman–Crippen LogP) is 1.81. The van der Waals surface area contributed by atoms with Gasteiger partial charge < -0.3 is 4.90 Å². The summed E-state index contributed by atoms with van der Waals surface area (Å²) in [6.45, 7) is -0.248. The Morgan fingerprint density at radius 3 is 2.17 bits per heavy atom. The molecular weight excluding hydrogens is 312 g/mol. The fourth-order valence-corrected chi connectivity index (χ4v) is 3.05. The molecule has 2 rings (SSSR count). The number of nitrogens with one attached hydrogen (secondary N) is 1. The number of aryl methyl sites for hydroxylation is 1. The van der Waals surface area contributed by atoms with Gasteiger partial charge in [-0.25, -0.2) is 13.1 Å². The second-order valence-corrected chi connectivity index (χ2v) is 7.09. The summed E-state index contributed by atoms with van der Waals surface area (Å²) in [6, 6.07) is 18.5. The fourth-order valence-electron chi connectivity index (χ4n) is 2.05. The van der Waals surface area contributed by atoms with E-state index in [1.807, 2.05) is 48.5 Å². The van der Waals surface area contributed by atoms with Crippen molar-refractivity contribution >= 4 is 21.6 Å². The van der Waals surface area contributed by atoms with Crippen LogP contribution in [0.1, 0.15) is 5.56 Å². The Kier molecular flexibility index (Phi) is 5.90. The van der Waals surface area contributed by atoms with Gasteiger partial charge in [0.2, 0.25) is 15.9 Å². The number of likely N-dealkylation sites (N-methyl/N-ethyl adjacent to an activating group) is 1. The molecule has 2 aromatic rings. The molecule has 1 amide bonds. The van der Waals surface area contributed by atoms with E-state index >= 15 is 0 Å². The van der Waals surface area contributed by atoms with E-state index in [-0.39, 0.29) is 18.2 Å². The number of rotatable bonds is 7. The number of nitrogens with zero attached hydrogens (tertiary/aromatic N) is 1. The molecule has 1 N–H and O–H groups in total. The lowest BCUT2D eigenvalue weighted by molar-refractivity contribution is -0.117. The third-order valence-electron chi connectivity index (χ3n) is 3.46. The zero-order valence-corrected chi connectivity index (χ0v) is 13.8. The minimum Gasteiger partial charge on any atom is -0.314 e. The standard InChI is InChI=1S/C17H20N2O3S/c1-19(16-10-6-3-7-11-16)17(20)14-18-23(21,22)13-12-15-8-4-2-5-9-15/h2-11,18H,12-14H2,1H3. The Hall–Kier alpha value is -2.18. The van der Waals surface area contributed by atoms with E-state index < -0.39 is 10.0 Å². The van der Waals surface area contributed by atoms with Gasteiger partial charge in [0.15, 0.2) is 0 Å². The second-order valence-electron chi connectivity index (χ2n) is 5.16. The highest BCUT2D eigenvalue weighted by molar-refractivity contribution is 7.89. The highest BCUT2D eigenvalue weighted by Crippen LogP contribution is 2.10. The van der Waals surface area contributed by atoms with Crippen molar-refractivity contribution in [3.63, 3.8) is 0 Å². The molecule has 5 nitrogen and oxygen atoms in total. The number of carbonyl (C=O) groups is 1. The Balaban J connectivity index is 1.85. The zero-order chi connectivity index (χ0) is 16.7. The number of sulfonamides is 1. The molecule has 0 saturated carbocycles. The lowest BCUT2D eigenvalue weighted by Crippen LogP contribution is -2.39. The van der Waals surface area contributed by atoms with Crippen LogP contribution in [0, 0.1) is 0 Å². The van der Waals surface area contributed by atoms with Crippen LogP contribution in [-0.4, -0.2) is 33.7 Å². The molecule has 0 atom stereocenters. The lowest BCUT2D eigenvalue weighted by Gasteiger charge is -2.17. The molecule has 0 aliphatic heterocycles. The van der Waals surface area contributed by atoms with Crippen LogP contribution in [0.5, 0.6) is 0 Å². The average molecular weight is 332 g/mol. The summed E-state index contributed by atoms with van der Waals surface area (Å²) in [5.74, 6) is -0.348. The Labute approximate surface area is 137 Å². The molecular formula is C17H20N2O3S. The molecule has 0 fully saturated rings. The van der Waals surface area contributed by atoms with Crippen LogP contribution in [-0.2, 0) is 21.2 Å². The minimum atomic E-state index is -3.49. The highest BCUT2D eigenvalue weighted by atomic mass is 32.2. The third-order valence-corrected chi connectivity index (χ3v) is 4.79. The maximum atomic E-state index is 12.1. The summed E-state index contributed by atoms with van der Waals surface area (Å²) >= 11 is 0. The van der Waals surface area contributed by atoms with Gasteiger partial charge in [-0.15, -0.1) is 0 Å². The summed E-state index contributed by atoms with van der Waals surface area (Å²) in [4.78, 5) is 13.5. The van der Waals surface area contributed by atoms with Gasteiger partial charge in [-0.05, 0) is 24.1 Å². The molecule has 0 aliphatic carbocycles. The van der Waals surface area contributed by atoms with Crippen molar-refractivity contribution in [1.29, 1.82) is 0 Å². The maximum Gasteiger partial charge on any atom is 0.241 e. The number of hydrogen-bond donors (Lipinski definition) is 1. The van der Waals surface area contributed by atoms with Crippen LogP contribution < -0.4 is 9.62 Å². The highest BCUT2D eigenvalue weighted by Gasteiger charge is 2.15. The topological polar surface area (TPSA) is 66.5 Å². The minimum absolute atomic E-state index is 0.0423. The fraction of sp³-hybridized carbons (Fsp3) is 0.235. The quantitative estimate of drug-likeness (QED) is 0.841. The number of carbonyl (C=O) groups excluding carboxylic acids is 1. The Bertz CT molecular complexity index is 731. The molecule has 0 aromatic heterocycles. The van der Waals surface area contributed by atoms with Crippen LogP contribution in [0.4, 0.5) is 5.69 Å². The first-order valence-electron chi connectivity index (χ1n) is 7.31. The predicted molar refractivity (Wildman–Crippen MR) is 91.8 cm³/mol. The first kappa shape index (κ1) is 17.2. The van der Waals surface area contributed by atoms with Crippen LogP contribution in [0.2, 0.25) is 0 Å². The van der Waals surface area contributed by atoms with Gasteiger partial charge in [0, 0.05) is 12.7 Å². The Morgan fingerprint density at radius 2 is 1.57 bits per heavy atom. The molecule has 0 aliphatic rings. The van der Waals surface area contributed by atoms with Gasteiger partial charge in [0.25, 0.3) is 0 Å². The summed E-state index contributed by atoms with van der Waals surface area (Å²) < 4.78 is 26.3. The summed E-state index contributed by atoms with van der Waals surface area (Å²) in [5.41, 5.74) is 1.67. The number of hydrogen-bond acceptors (Lipinski definition) is 3. The van der Waals surface area contributed by atoms with E-state index in [1.165, 1.54) is 4.90 Å². The second kappa shape index (κ2) is 7.89. The van der Waals surface area contributed by atoms with Crippen molar-refractivity contribution in [1.82, 2.24) is 4.72 Å². The number of para-hydroxylation sites is 1. The largest absolute Gasteiger partial charge is 0.314 e. The van der Waals surface area contributed by atoms with Crippen LogP contribution in [0.25, 0.3) is 0 Å². The maximum absolute atomic E-state index is 12.1. The van der Waals surface area contributed by atoms with E-state index in [1.54, 1.807) is 19.2 Å². The van der Waals surface area contributed by atoms with Gasteiger partial charge in [0.05, 0.1) is 12.3 Å². The van der Waals surface area contributed by atoms with Crippen molar-refractivity contribution in [3.05, 3.63) is 66.2 Å². The molecule has 0 unspecified atom stereocenters. The van der Waals surface area contributed by atoms with Crippen molar-refractivity contribution in [2.24, 2.45) is 0 Å². The summed E-state index contributed by atoms with van der Waals surface area (Å²) in [7, 11) is -1.87. The van der Waals surface area contributed by atoms with Crippen LogP contribution in [0.15, 0.2) is 60.7 Å². The van der Waals surface area contributed by atoms with E-state index in [0.717, 1.165) is 11.3 Å². The van der Waals surface area contributed by atoms with E-state index in [2.05, 4.69) is 4.72 Å². The van der Waals surface area contributed by atoms with Crippen molar-refractivity contribution in [2.75, 3.05) is 24.2 Å². The van der Waals surface area contributed by atoms with Crippen molar-refractivity contribution < 1.29 is 13.2 Å². The first-order chi connectivity index (χ1) is 11.0. The van der Waals surface area contributed by atoms with Crippen LogP contribution in [0.3, 0.4) is 0 Å². The van der Waals surface area contributed by atoms with Gasteiger partial charge >= 0.3 is 0 Å². The molecule has 0 heterocycles.